The van der Waals surface area contributed by atoms with Gasteiger partial charge in [0.05, 0.1) is 12.1 Å². The Morgan fingerprint density at radius 2 is 2.47 bits per heavy atom. The number of hydrogen-bond acceptors (Lipinski definition) is 5. The van der Waals surface area contributed by atoms with Gasteiger partial charge in [0, 0.05) is 19.2 Å². The number of amides is 1. The number of ether oxygens (including phenoxy) is 1. The zero-order chi connectivity index (χ0) is 13.7. The summed E-state index contributed by atoms with van der Waals surface area (Å²) >= 11 is 0. The largest absolute Gasteiger partial charge is 0.377 e. The molecule has 2 rings (SSSR count). The highest BCUT2D eigenvalue weighted by Crippen LogP contribution is 2.12. The Morgan fingerprint density at radius 3 is 3.05 bits per heavy atom. The second-order valence-electron chi connectivity index (χ2n) is 4.82. The Hall–Kier alpha value is -1.40. The molecule has 1 aliphatic rings. The third kappa shape index (κ3) is 4.04. The van der Waals surface area contributed by atoms with E-state index in [2.05, 4.69) is 15.8 Å². The average molecular weight is 267 g/mol. The smallest absolute Gasteiger partial charge is 0.242 e. The quantitative estimate of drug-likeness (QED) is 0.816. The fourth-order valence-electron chi connectivity index (χ4n) is 2.14. The molecular weight excluding hydrogens is 246 g/mol. The first kappa shape index (κ1) is 14.0. The van der Waals surface area contributed by atoms with Crippen LogP contribution in [0.4, 0.5) is 5.82 Å². The minimum Gasteiger partial charge on any atom is -0.377 e. The lowest BCUT2D eigenvalue weighted by atomic mass is 10.2. The predicted octanol–water partition coefficient (Wildman–Crippen LogP) is 1.47. The maximum atomic E-state index is 12.1. The van der Waals surface area contributed by atoms with Crippen molar-refractivity contribution < 1.29 is 14.1 Å². The van der Waals surface area contributed by atoms with Gasteiger partial charge in [-0.1, -0.05) is 12.1 Å². The van der Waals surface area contributed by atoms with Gasteiger partial charge in [-0.25, -0.2) is 0 Å². The molecular formula is C13H21N3O3. The third-order valence-electron chi connectivity index (χ3n) is 3.22. The molecule has 1 aliphatic heterocycles. The number of aryl methyl sites for hydroxylation is 1. The average Bonchev–Trinajstić information content (AvgIpc) is 3.02. The molecule has 0 bridgehead atoms. The highest BCUT2D eigenvalue weighted by atomic mass is 16.5. The molecule has 0 saturated carbocycles. The lowest BCUT2D eigenvalue weighted by Gasteiger charge is -2.18. The van der Waals surface area contributed by atoms with E-state index in [0.29, 0.717) is 18.1 Å². The molecule has 0 aliphatic carbocycles. The standard InChI is InChI=1S/C13H21N3O3/c1-3-11(14-8-10-5-4-6-18-10)13(17)15-12-7-9(2)19-16-12/h7,10-11,14H,3-6,8H2,1-2H3,(H,15,16,17)/t10-,11-/m0/s1. The maximum absolute atomic E-state index is 12.1. The van der Waals surface area contributed by atoms with Crippen LogP contribution in [0.3, 0.4) is 0 Å². The van der Waals surface area contributed by atoms with E-state index >= 15 is 0 Å². The van der Waals surface area contributed by atoms with Gasteiger partial charge in [-0.05, 0) is 26.2 Å². The molecule has 0 spiro atoms. The molecule has 6 nitrogen and oxygen atoms in total. The van der Waals surface area contributed by atoms with E-state index in [-0.39, 0.29) is 18.1 Å². The van der Waals surface area contributed by atoms with Crippen molar-refractivity contribution >= 4 is 11.7 Å². The highest BCUT2D eigenvalue weighted by Gasteiger charge is 2.21. The fourth-order valence-corrected chi connectivity index (χ4v) is 2.14. The number of aromatic nitrogens is 1. The molecule has 0 aromatic carbocycles. The van der Waals surface area contributed by atoms with Gasteiger partial charge < -0.3 is 19.9 Å². The van der Waals surface area contributed by atoms with Gasteiger partial charge in [-0.3, -0.25) is 4.79 Å². The van der Waals surface area contributed by atoms with Crippen molar-refractivity contribution in [1.29, 1.82) is 0 Å². The third-order valence-corrected chi connectivity index (χ3v) is 3.22. The molecule has 2 atom stereocenters. The maximum Gasteiger partial charge on any atom is 0.242 e. The van der Waals surface area contributed by atoms with E-state index in [1.54, 1.807) is 13.0 Å². The van der Waals surface area contributed by atoms with Crippen molar-refractivity contribution in [2.75, 3.05) is 18.5 Å². The van der Waals surface area contributed by atoms with Gasteiger partial charge >= 0.3 is 0 Å². The number of nitrogens with zero attached hydrogens (tertiary/aromatic N) is 1. The number of carbonyl (C=O) groups excluding carboxylic acids is 1. The monoisotopic (exact) mass is 267 g/mol. The van der Waals surface area contributed by atoms with E-state index in [1.165, 1.54) is 0 Å². The van der Waals surface area contributed by atoms with Crippen LogP contribution in [0, 0.1) is 6.92 Å². The number of nitrogens with one attached hydrogen (secondary N) is 2. The van der Waals surface area contributed by atoms with Gasteiger partial charge in [0.2, 0.25) is 5.91 Å². The van der Waals surface area contributed by atoms with Crippen LogP contribution in [0.25, 0.3) is 0 Å². The molecule has 106 valence electrons. The van der Waals surface area contributed by atoms with Gasteiger partial charge in [0.25, 0.3) is 0 Å². The molecule has 19 heavy (non-hydrogen) atoms. The molecule has 2 N–H and O–H groups in total. The van der Waals surface area contributed by atoms with Crippen molar-refractivity contribution in [2.45, 2.75) is 45.3 Å². The summed E-state index contributed by atoms with van der Waals surface area (Å²) in [5.41, 5.74) is 0. The lowest BCUT2D eigenvalue weighted by Crippen LogP contribution is -2.43. The zero-order valence-corrected chi connectivity index (χ0v) is 11.4. The molecule has 1 amide bonds. The van der Waals surface area contributed by atoms with Crippen molar-refractivity contribution in [3.05, 3.63) is 11.8 Å². The van der Waals surface area contributed by atoms with Crippen LogP contribution in [-0.4, -0.2) is 36.4 Å². The minimum absolute atomic E-state index is 0.0891. The molecule has 6 heteroatoms. The number of hydrogen-bond donors (Lipinski definition) is 2. The summed E-state index contributed by atoms with van der Waals surface area (Å²) in [4.78, 5) is 12.1. The van der Waals surface area contributed by atoms with Crippen molar-refractivity contribution in [2.24, 2.45) is 0 Å². The van der Waals surface area contributed by atoms with Gasteiger partial charge in [0.1, 0.15) is 5.76 Å². The van der Waals surface area contributed by atoms with E-state index in [4.69, 9.17) is 9.26 Å². The Morgan fingerprint density at radius 1 is 1.63 bits per heavy atom. The predicted molar refractivity (Wildman–Crippen MR) is 70.9 cm³/mol. The summed E-state index contributed by atoms with van der Waals surface area (Å²) in [6, 6.07) is 1.46. The lowest BCUT2D eigenvalue weighted by molar-refractivity contribution is -0.118. The highest BCUT2D eigenvalue weighted by molar-refractivity contribution is 5.93. The van der Waals surface area contributed by atoms with Crippen LogP contribution in [-0.2, 0) is 9.53 Å². The Labute approximate surface area is 112 Å². The van der Waals surface area contributed by atoms with Crippen LogP contribution in [0.15, 0.2) is 10.6 Å². The zero-order valence-electron chi connectivity index (χ0n) is 11.4. The number of carbonyl (C=O) groups is 1. The summed E-state index contributed by atoms with van der Waals surface area (Å²) in [5.74, 6) is 1.05. The van der Waals surface area contributed by atoms with E-state index < -0.39 is 0 Å². The van der Waals surface area contributed by atoms with Crippen LogP contribution < -0.4 is 10.6 Å². The molecule has 1 aromatic heterocycles. The van der Waals surface area contributed by atoms with Gasteiger partial charge in [0.15, 0.2) is 5.82 Å². The van der Waals surface area contributed by atoms with E-state index in [9.17, 15) is 4.79 Å². The molecule has 2 heterocycles. The van der Waals surface area contributed by atoms with Crippen LogP contribution in [0.1, 0.15) is 31.9 Å². The second kappa shape index (κ2) is 6.68. The molecule has 1 fully saturated rings. The van der Waals surface area contributed by atoms with E-state index in [0.717, 1.165) is 25.9 Å². The molecule has 1 saturated heterocycles. The second-order valence-corrected chi connectivity index (χ2v) is 4.82. The first-order chi connectivity index (χ1) is 9.19. The Kier molecular flexibility index (Phi) is 4.93. The molecule has 0 unspecified atom stereocenters. The summed E-state index contributed by atoms with van der Waals surface area (Å²) < 4.78 is 10.4. The normalized spacial score (nSPS) is 20.4. The van der Waals surface area contributed by atoms with Crippen molar-refractivity contribution in [3.8, 4) is 0 Å². The van der Waals surface area contributed by atoms with Crippen LogP contribution in [0.2, 0.25) is 0 Å². The molecule has 1 aromatic rings. The van der Waals surface area contributed by atoms with Gasteiger partial charge in [-0.15, -0.1) is 0 Å². The number of anilines is 1. The summed E-state index contributed by atoms with van der Waals surface area (Å²) in [7, 11) is 0. The van der Waals surface area contributed by atoms with E-state index in [1.807, 2.05) is 6.92 Å². The SMILES string of the molecule is CC[C@H](NC[C@@H]1CCCO1)C(=O)Nc1cc(C)on1. The Bertz CT molecular complexity index is 413. The summed E-state index contributed by atoms with van der Waals surface area (Å²) in [6.45, 7) is 5.30. The topological polar surface area (TPSA) is 76.4 Å². The Balaban J connectivity index is 1.80. The van der Waals surface area contributed by atoms with Crippen LogP contribution >= 0.6 is 0 Å². The summed E-state index contributed by atoms with van der Waals surface area (Å²) in [6.07, 6.45) is 3.12. The molecule has 0 radical (unpaired) electrons. The van der Waals surface area contributed by atoms with Crippen molar-refractivity contribution in [3.63, 3.8) is 0 Å². The van der Waals surface area contributed by atoms with Crippen LogP contribution in [0.5, 0.6) is 0 Å². The number of rotatable bonds is 6. The van der Waals surface area contributed by atoms with Crippen molar-refractivity contribution in [1.82, 2.24) is 10.5 Å². The minimum atomic E-state index is -0.235. The first-order valence-corrected chi connectivity index (χ1v) is 6.78. The first-order valence-electron chi connectivity index (χ1n) is 6.78. The van der Waals surface area contributed by atoms with Gasteiger partial charge in [-0.2, -0.15) is 0 Å². The summed E-state index contributed by atoms with van der Waals surface area (Å²) in [5, 5.41) is 9.74. The fraction of sp³-hybridized carbons (Fsp3) is 0.692.